The lowest BCUT2D eigenvalue weighted by Gasteiger charge is -2.42. The van der Waals surface area contributed by atoms with E-state index in [1.807, 2.05) is 0 Å². The highest BCUT2D eigenvalue weighted by molar-refractivity contribution is 5.43. The summed E-state index contributed by atoms with van der Waals surface area (Å²) in [6.45, 7) is 15.7. The predicted molar refractivity (Wildman–Crippen MR) is 105 cm³/mol. The number of hydrogen-bond donors (Lipinski definition) is 0. The Morgan fingerprint density at radius 2 is 1.73 bits per heavy atom. The van der Waals surface area contributed by atoms with Crippen LogP contribution in [-0.2, 0) is 6.54 Å². The molecule has 0 unspecified atom stereocenters. The summed E-state index contributed by atoms with van der Waals surface area (Å²) in [4.78, 5) is 5.36. The number of rotatable bonds is 3. The summed E-state index contributed by atoms with van der Waals surface area (Å²) >= 11 is 0. The van der Waals surface area contributed by atoms with Gasteiger partial charge in [-0.3, -0.25) is 4.90 Å². The van der Waals surface area contributed by atoms with E-state index in [4.69, 9.17) is 9.47 Å². The van der Waals surface area contributed by atoms with Gasteiger partial charge in [-0.15, -0.1) is 0 Å². The normalized spacial score (nSPS) is 27.2. The van der Waals surface area contributed by atoms with Crippen LogP contribution < -0.4 is 9.47 Å². The molecule has 3 aliphatic heterocycles. The number of benzene rings is 1. The maximum atomic E-state index is 5.75. The van der Waals surface area contributed by atoms with Gasteiger partial charge in [-0.1, -0.05) is 26.8 Å². The molecule has 0 saturated carbocycles. The Hall–Kier alpha value is -1.26. The minimum Gasteiger partial charge on any atom is -0.486 e. The highest BCUT2D eigenvalue weighted by Crippen LogP contribution is 2.40. The number of hydrogen-bond acceptors (Lipinski definition) is 4. The lowest BCUT2D eigenvalue weighted by Crippen LogP contribution is -2.47. The molecule has 0 radical (unpaired) electrons. The third-order valence-corrected chi connectivity index (χ3v) is 5.97. The molecule has 26 heavy (non-hydrogen) atoms. The fourth-order valence-electron chi connectivity index (χ4n) is 5.06. The van der Waals surface area contributed by atoms with Gasteiger partial charge in [0.2, 0.25) is 0 Å². The third-order valence-electron chi connectivity index (χ3n) is 5.97. The maximum Gasteiger partial charge on any atom is 0.161 e. The van der Waals surface area contributed by atoms with Gasteiger partial charge < -0.3 is 14.4 Å². The van der Waals surface area contributed by atoms with Crippen LogP contribution in [0.25, 0.3) is 0 Å². The van der Waals surface area contributed by atoms with Crippen LogP contribution in [0, 0.1) is 10.8 Å². The second-order valence-corrected chi connectivity index (χ2v) is 9.81. The maximum absolute atomic E-state index is 5.75. The zero-order valence-corrected chi connectivity index (χ0v) is 16.7. The van der Waals surface area contributed by atoms with Gasteiger partial charge in [0.05, 0.1) is 0 Å². The average molecular weight is 359 g/mol. The molecule has 144 valence electrons. The summed E-state index contributed by atoms with van der Waals surface area (Å²) in [5.74, 6) is 1.81. The summed E-state index contributed by atoms with van der Waals surface area (Å²) in [5.41, 5.74) is 2.24. The van der Waals surface area contributed by atoms with Crippen LogP contribution in [0.3, 0.4) is 0 Å². The minimum absolute atomic E-state index is 0.391. The lowest BCUT2D eigenvalue weighted by atomic mass is 9.78. The molecule has 2 fully saturated rings. The van der Waals surface area contributed by atoms with Crippen molar-refractivity contribution in [3.05, 3.63) is 23.8 Å². The van der Waals surface area contributed by atoms with E-state index in [-0.39, 0.29) is 0 Å². The SMILES string of the molecule is CC(C)(C)CN1CCC[C@@]2(CCN(Cc3ccc4c(c3)OCCO4)C2)C1. The zero-order chi connectivity index (χ0) is 18.2. The Labute approximate surface area is 158 Å². The van der Waals surface area contributed by atoms with Crippen molar-refractivity contribution >= 4 is 0 Å². The van der Waals surface area contributed by atoms with Crippen LogP contribution in [0.4, 0.5) is 0 Å². The van der Waals surface area contributed by atoms with Crippen LogP contribution >= 0.6 is 0 Å². The van der Waals surface area contributed by atoms with Crippen LogP contribution in [0.5, 0.6) is 11.5 Å². The second-order valence-electron chi connectivity index (χ2n) is 9.81. The van der Waals surface area contributed by atoms with Gasteiger partial charge in [0, 0.05) is 26.2 Å². The molecule has 1 atom stereocenters. The van der Waals surface area contributed by atoms with E-state index >= 15 is 0 Å². The predicted octanol–water partition coefficient (Wildman–Crippen LogP) is 3.79. The number of likely N-dealkylation sites (tertiary alicyclic amines) is 2. The van der Waals surface area contributed by atoms with E-state index in [2.05, 4.69) is 48.8 Å². The summed E-state index contributed by atoms with van der Waals surface area (Å²) < 4.78 is 11.4. The monoisotopic (exact) mass is 358 g/mol. The molecule has 0 aromatic heterocycles. The standard InChI is InChI=1S/C22H34N2O2/c1-21(2,3)15-24-9-4-7-22(17-24)8-10-23(16-22)14-18-5-6-19-20(13-18)26-12-11-25-19/h5-6,13H,4,7-12,14-17H2,1-3H3/t22-/m0/s1. The van der Waals surface area contributed by atoms with Gasteiger partial charge in [0.25, 0.3) is 0 Å². The summed E-state index contributed by atoms with van der Waals surface area (Å²) in [5, 5.41) is 0. The largest absolute Gasteiger partial charge is 0.486 e. The van der Waals surface area contributed by atoms with Crippen molar-refractivity contribution in [2.75, 3.05) is 45.9 Å². The summed E-state index contributed by atoms with van der Waals surface area (Å²) in [7, 11) is 0. The van der Waals surface area contributed by atoms with Crippen molar-refractivity contribution in [2.45, 2.75) is 46.6 Å². The first-order valence-electron chi connectivity index (χ1n) is 10.2. The van der Waals surface area contributed by atoms with Crippen molar-refractivity contribution in [1.29, 1.82) is 0 Å². The molecule has 3 heterocycles. The fraction of sp³-hybridized carbons (Fsp3) is 0.727. The highest BCUT2D eigenvalue weighted by Gasteiger charge is 2.41. The topological polar surface area (TPSA) is 24.9 Å². The molecular formula is C22H34N2O2. The molecule has 4 heteroatoms. The minimum atomic E-state index is 0.391. The van der Waals surface area contributed by atoms with E-state index in [1.165, 1.54) is 57.5 Å². The van der Waals surface area contributed by atoms with Crippen molar-refractivity contribution in [2.24, 2.45) is 10.8 Å². The second kappa shape index (κ2) is 7.05. The van der Waals surface area contributed by atoms with Crippen molar-refractivity contribution in [1.82, 2.24) is 9.80 Å². The quantitative estimate of drug-likeness (QED) is 0.821. The smallest absolute Gasteiger partial charge is 0.161 e. The Bertz CT molecular complexity index is 640. The average Bonchev–Trinajstić information content (AvgIpc) is 2.95. The van der Waals surface area contributed by atoms with Gasteiger partial charge in [0.1, 0.15) is 13.2 Å². The van der Waals surface area contributed by atoms with Gasteiger partial charge in [0.15, 0.2) is 11.5 Å². The number of piperidine rings is 1. The zero-order valence-electron chi connectivity index (χ0n) is 16.7. The molecule has 0 aliphatic carbocycles. The van der Waals surface area contributed by atoms with Gasteiger partial charge in [-0.25, -0.2) is 0 Å². The number of ether oxygens (including phenoxy) is 2. The summed E-state index contributed by atoms with van der Waals surface area (Å²) in [6, 6.07) is 6.44. The van der Waals surface area contributed by atoms with E-state index in [0.29, 0.717) is 24.0 Å². The lowest BCUT2D eigenvalue weighted by molar-refractivity contribution is 0.0672. The van der Waals surface area contributed by atoms with E-state index in [0.717, 1.165) is 18.0 Å². The fourth-order valence-corrected chi connectivity index (χ4v) is 5.06. The molecule has 2 saturated heterocycles. The molecular weight excluding hydrogens is 324 g/mol. The van der Waals surface area contributed by atoms with Crippen molar-refractivity contribution < 1.29 is 9.47 Å². The Kier molecular flexibility index (Phi) is 4.91. The highest BCUT2D eigenvalue weighted by atomic mass is 16.6. The van der Waals surface area contributed by atoms with Crippen LogP contribution in [0.1, 0.15) is 45.6 Å². The van der Waals surface area contributed by atoms with Crippen molar-refractivity contribution in [3.8, 4) is 11.5 Å². The molecule has 1 spiro atoms. The number of nitrogens with zero attached hydrogens (tertiary/aromatic N) is 2. The molecule has 1 aromatic rings. The van der Waals surface area contributed by atoms with E-state index in [1.54, 1.807) is 0 Å². The third kappa shape index (κ3) is 4.17. The van der Waals surface area contributed by atoms with Crippen LogP contribution in [0.2, 0.25) is 0 Å². The Morgan fingerprint density at radius 3 is 2.54 bits per heavy atom. The van der Waals surface area contributed by atoms with E-state index < -0.39 is 0 Å². The molecule has 1 aromatic carbocycles. The first-order chi connectivity index (χ1) is 12.4. The van der Waals surface area contributed by atoms with Crippen LogP contribution in [0.15, 0.2) is 18.2 Å². The molecule has 4 rings (SSSR count). The molecule has 0 N–H and O–H groups in total. The summed E-state index contributed by atoms with van der Waals surface area (Å²) in [6.07, 6.45) is 4.09. The first kappa shape index (κ1) is 18.1. The first-order valence-corrected chi connectivity index (χ1v) is 10.2. The van der Waals surface area contributed by atoms with Gasteiger partial charge in [-0.2, -0.15) is 0 Å². The Morgan fingerprint density at radius 1 is 0.962 bits per heavy atom. The molecule has 0 bridgehead atoms. The Balaban J connectivity index is 1.37. The number of fused-ring (bicyclic) bond motifs is 1. The molecule has 0 amide bonds. The van der Waals surface area contributed by atoms with Gasteiger partial charge in [-0.05, 0) is 60.9 Å². The van der Waals surface area contributed by atoms with Crippen LogP contribution in [-0.4, -0.2) is 55.7 Å². The van der Waals surface area contributed by atoms with E-state index in [9.17, 15) is 0 Å². The molecule has 4 nitrogen and oxygen atoms in total. The van der Waals surface area contributed by atoms with Crippen molar-refractivity contribution in [3.63, 3.8) is 0 Å². The molecule has 3 aliphatic rings. The van der Waals surface area contributed by atoms with Gasteiger partial charge >= 0.3 is 0 Å².